The topological polar surface area (TPSA) is 106 Å². The highest BCUT2D eigenvalue weighted by atomic mass is 32.2. The first kappa shape index (κ1) is 19.9. The number of esters is 1. The Balaban J connectivity index is 1.60. The van der Waals surface area contributed by atoms with Gasteiger partial charge in [-0.05, 0) is 31.2 Å². The summed E-state index contributed by atoms with van der Waals surface area (Å²) in [4.78, 5) is 28.7. The number of methoxy groups -OCH3 is 1. The second-order valence-electron chi connectivity index (χ2n) is 6.02. The first-order valence-electron chi connectivity index (χ1n) is 8.23. The van der Waals surface area contributed by atoms with E-state index >= 15 is 0 Å². The summed E-state index contributed by atoms with van der Waals surface area (Å²) in [6.07, 6.45) is 0.870. The Morgan fingerprint density at radius 3 is 2.63 bits per heavy atom. The third-order valence-corrected chi connectivity index (χ3v) is 8.64. The molecule has 1 aliphatic heterocycles. The summed E-state index contributed by atoms with van der Waals surface area (Å²) in [7, 11) is -2.19. The molecule has 0 unspecified atom stereocenters. The highest BCUT2D eigenvalue weighted by Gasteiger charge is 2.33. The van der Waals surface area contributed by atoms with E-state index in [4.69, 9.17) is 0 Å². The summed E-state index contributed by atoms with van der Waals surface area (Å²) >= 11 is 2.25. The number of hydrogen-bond acceptors (Lipinski definition) is 8. The van der Waals surface area contributed by atoms with Crippen LogP contribution >= 0.6 is 22.7 Å². The Morgan fingerprint density at radius 1 is 1.33 bits per heavy atom. The van der Waals surface area contributed by atoms with Gasteiger partial charge in [-0.1, -0.05) is 17.4 Å². The third kappa shape index (κ3) is 4.21. The van der Waals surface area contributed by atoms with Gasteiger partial charge in [-0.2, -0.15) is 4.31 Å². The van der Waals surface area contributed by atoms with E-state index in [9.17, 15) is 18.0 Å². The maximum Gasteiger partial charge on any atom is 0.350 e. The molecule has 0 aliphatic carbocycles. The number of aryl methyl sites for hydroxylation is 1. The van der Waals surface area contributed by atoms with Crippen LogP contribution < -0.4 is 5.32 Å². The zero-order chi connectivity index (χ0) is 19.6. The van der Waals surface area contributed by atoms with E-state index in [-0.39, 0.29) is 11.8 Å². The van der Waals surface area contributed by atoms with Crippen LogP contribution in [0.3, 0.4) is 0 Å². The molecule has 0 atom stereocenters. The van der Waals surface area contributed by atoms with Crippen molar-refractivity contribution in [1.29, 1.82) is 0 Å². The van der Waals surface area contributed by atoms with Crippen LogP contribution in [0.2, 0.25) is 0 Å². The SMILES string of the molecule is COC(=O)c1sc(NC(=O)C2CCN(S(=O)(=O)c3cccs3)CC2)nc1C. The van der Waals surface area contributed by atoms with Crippen molar-refractivity contribution < 1.29 is 22.7 Å². The van der Waals surface area contributed by atoms with E-state index in [1.54, 1.807) is 24.4 Å². The average molecular weight is 430 g/mol. The molecule has 3 rings (SSSR count). The minimum absolute atomic E-state index is 0.215. The number of aromatic nitrogens is 1. The van der Waals surface area contributed by atoms with E-state index in [0.717, 1.165) is 11.3 Å². The van der Waals surface area contributed by atoms with Crippen molar-refractivity contribution in [2.75, 3.05) is 25.5 Å². The number of nitrogens with zero attached hydrogens (tertiary/aromatic N) is 2. The molecule has 1 amide bonds. The van der Waals surface area contributed by atoms with Crippen molar-refractivity contribution in [2.24, 2.45) is 5.92 Å². The van der Waals surface area contributed by atoms with Gasteiger partial charge in [-0.25, -0.2) is 18.2 Å². The van der Waals surface area contributed by atoms with Crippen LogP contribution in [0, 0.1) is 12.8 Å². The number of piperidine rings is 1. The van der Waals surface area contributed by atoms with Crippen LogP contribution in [0.5, 0.6) is 0 Å². The molecule has 0 radical (unpaired) electrons. The van der Waals surface area contributed by atoms with Crippen LogP contribution in [0.25, 0.3) is 0 Å². The molecule has 2 aromatic rings. The summed E-state index contributed by atoms with van der Waals surface area (Å²) in [5.74, 6) is -1.00. The molecule has 27 heavy (non-hydrogen) atoms. The maximum absolute atomic E-state index is 12.5. The predicted octanol–water partition coefficient (Wildman–Crippen LogP) is 2.34. The van der Waals surface area contributed by atoms with Crippen LogP contribution in [0.15, 0.2) is 21.7 Å². The van der Waals surface area contributed by atoms with Gasteiger partial charge in [0.1, 0.15) is 9.09 Å². The Kier molecular flexibility index (Phi) is 5.94. The highest BCUT2D eigenvalue weighted by molar-refractivity contribution is 7.91. The molecule has 11 heteroatoms. The van der Waals surface area contributed by atoms with Crippen LogP contribution in [-0.2, 0) is 19.6 Å². The normalized spacial score (nSPS) is 16.2. The number of carbonyl (C=O) groups excluding carboxylic acids is 2. The number of anilines is 1. The standard InChI is InChI=1S/C16H19N3O5S3/c1-10-13(15(21)24-2)26-16(17-10)18-14(20)11-5-7-19(8-6-11)27(22,23)12-4-3-9-25-12/h3-4,9,11H,5-8H2,1-2H3,(H,17,18,20). The molecule has 2 aromatic heterocycles. The van der Waals surface area contributed by atoms with Crippen molar-refractivity contribution in [3.63, 3.8) is 0 Å². The minimum atomic E-state index is -3.48. The summed E-state index contributed by atoms with van der Waals surface area (Å²) in [5.41, 5.74) is 0.499. The fourth-order valence-electron chi connectivity index (χ4n) is 2.84. The van der Waals surface area contributed by atoms with Gasteiger partial charge in [0.15, 0.2) is 5.13 Å². The Hall–Kier alpha value is -1.82. The molecule has 0 saturated carbocycles. The zero-order valence-corrected chi connectivity index (χ0v) is 17.2. The largest absolute Gasteiger partial charge is 0.465 e. The third-order valence-electron chi connectivity index (χ3n) is 4.31. The first-order chi connectivity index (χ1) is 12.8. The number of thiazole rings is 1. The van der Waals surface area contributed by atoms with E-state index in [2.05, 4.69) is 15.0 Å². The van der Waals surface area contributed by atoms with Crippen LogP contribution in [-0.4, -0.2) is 49.8 Å². The molecule has 3 heterocycles. The first-order valence-corrected chi connectivity index (χ1v) is 11.4. The van der Waals surface area contributed by atoms with Gasteiger partial charge in [0.05, 0.1) is 12.8 Å². The summed E-state index contributed by atoms with van der Waals surface area (Å²) < 4.78 is 31.5. The number of amides is 1. The molecule has 0 bridgehead atoms. The summed E-state index contributed by atoms with van der Waals surface area (Å²) in [6.45, 7) is 2.26. The number of sulfonamides is 1. The molecule has 8 nitrogen and oxygen atoms in total. The molecule has 1 N–H and O–H groups in total. The minimum Gasteiger partial charge on any atom is -0.465 e. The molecule has 146 valence electrons. The zero-order valence-electron chi connectivity index (χ0n) is 14.8. The van der Waals surface area contributed by atoms with Crippen molar-refractivity contribution in [2.45, 2.75) is 24.0 Å². The summed E-state index contributed by atoms with van der Waals surface area (Å²) in [5, 5.41) is 4.79. The predicted molar refractivity (Wildman–Crippen MR) is 103 cm³/mol. The fourth-order valence-corrected chi connectivity index (χ4v) is 6.34. The number of thiophene rings is 1. The second kappa shape index (κ2) is 8.05. The van der Waals surface area contributed by atoms with Gasteiger partial charge < -0.3 is 10.1 Å². The lowest BCUT2D eigenvalue weighted by molar-refractivity contribution is -0.120. The van der Waals surface area contributed by atoms with Gasteiger partial charge in [0.25, 0.3) is 10.0 Å². The lowest BCUT2D eigenvalue weighted by Crippen LogP contribution is -2.41. The van der Waals surface area contributed by atoms with Gasteiger partial charge in [0, 0.05) is 19.0 Å². The van der Waals surface area contributed by atoms with Crippen molar-refractivity contribution >= 4 is 49.7 Å². The molecule has 0 spiro atoms. The van der Waals surface area contributed by atoms with Crippen LogP contribution in [0.1, 0.15) is 28.2 Å². The lowest BCUT2D eigenvalue weighted by atomic mass is 9.97. The second-order valence-corrected chi connectivity index (χ2v) is 10.1. The van der Waals surface area contributed by atoms with Crippen molar-refractivity contribution in [3.05, 3.63) is 28.1 Å². The molecular weight excluding hydrogens is 410 g/mol. The molecule has 1 aliphatic rings. The fraction of sp³-hybridized carbons (Fsp3) is 0.438. The van der Waals surface area contributed by atoms with E-state index in [1.165, 1.54) is 22.8 Å². The number of rotatable bonds is 5. The van der Waals surface area contributed by atoms with Crippen LogP contribution in [0.4, 0.5) is 5.13 Å². The molecule has 0 aromatic carbocycles. The highest BCUT2D eigenvalue weighted by Crippen LogP contribution is 2.28. The molecule has 1 fully saturated rings. The maximum atomic E-state index is 12.5. The van der Waals surface area contributed by atoms with E-state index in [1.807, 2.05) is 0 Å². The Bertz CT molecular complexity index is 929. The molecular formula is C16H19N3O5S3. The quantitative estimate of drug-likeness (QED) is 0.732. The van der Waals surface area contributed by atoms with E-state index < -0.39 is 16.0 Å². The Morgan fingerprint density at radius 2 is 2.04 bits per heavy atom. The molecule has 1 saturated heterocycles. The lowest BCUT2D eigenvalue weighted by Gasteiger charge is -2.29. The van der Waals surface area contributed by atoms with Gasteiger partial charge in [-0.15, -0.1) is 11.3 Å². The van der Waals surface area contributed by atoms with Gasteiger partial charge in [-0.3, -0.25) is 4.79 Å². The number of ether oxygens (including phenoxy) is 1. The van der Waals surface area contributed by atoms with Crippen molar-refractivity contribution in [1.82, 2.24) is 9.29 Å². The van der Waals surface area contributed by atoms with Crippen molar-refractivity contribution in [3.8, 4) is 0 Å². The van der Waals surface area contributed by atoms with E-state index in [0.29, 0.717) is 45.8 Å². The number of carbonyl (C=O) groups is 2. The number of nitrogens with one attached hydrogen (secondary N) is 1. The monoisotopic (exact) mass is 429 g/mol. The average Bonchev–Trinajstić information content (AvgIpc) is 3.31. The number of hydrogen-bond donors (Lipinski definition) is 1. The Labute approximate surface area is 165 Å². The van der Waals surface area contributed by atoms with Gasteiger partial charge in [0.2, 0.25) is 5.91 Å². The summed E-state index contributed by atoms with van der Waals surface area (Å²) in [6, 6.07) is 3.29. The van der Waals surface area contributed by atoms with Gasteiger partial charge >= 0.3 is 5.97 Å². The smallest absolute Gasteiger partial charge is 0.350 e.